The highest BCUT2D eigenvalue weighted by molar-refractivity contribution is 5.66. The van der Waals surface area contributed by atoms with E-state index in [1.807, 2.05) is 25.1 Å². The molecule has 0 saturated heterocycles. The molecule has 1 rings (SSSR count). The molecule has 0 aliphatic rings. The number of benzene rings is 1. The standard InChI is InChI=1S/C13H19NO4/c1-9-3-4-12(18-2)10(7-9)11(15)8-14-6-5-13(16)17/h3-4,7,11,14-15H,5-6,8H2,1-2H3,(H,16,17). The largest absolute Gasteiger partial charge is 0.496 e. The molecule has 1 atom stereocenters. The molecule has 0 aliphatic heterocycles. The molecule has 0 saturated carbocycles. The van der Waals surface area contributed by atoms with E-state index in [-0.39, 0.29) is 6.42 Å². The Labute approximate surface area is 106 Å². The third kappa shape index (κ3) is 4.35. The molecule has 3 N–H and O–H groups in total. The SMILES string of the molecule is COc1ccc(C)cc1C(O)CNCCC(=O)O. The van der Waals surface area contributed by atoms with Crippen molar-refractivity contribution in [2.75, 3.05) is 20.2 Å². The number of methoxy groups -OCH3 is 1. The van der Waals surface area contributed by atoms with E-state index in [4.69, 9.17) is 9.84 Å². The second kappa shape index (κ2) is 6.98. The van der Waals surface area contributed by atoms with Gasteiger partial charge in [-0.3, -0.25) is 4.79 Å². The summed E-state index contributed by atoms with van der Waals surface area (Å²) >= 11 is 0. The molecule has 0 aromatic heterocycles. The molecule has 1 aromatic rings. The number of carbonyl (C=O) groups is 1. The van der Waals surface area contributed by atoms with Gasteiger partial charge >= 0.3 is 5.97 Å². The van der Waals surface area contributed by atoms with Gasteiger partial charge in [-0.15, -0.1) is 0 Å². The van der Waals surface area contributed by atoms with E-state index in [2.05, 4.69) is 5.32 Å². The van der Waals surface area contributed by atoms with E-state index in [1.165, 1.54) is 0 Å². The smallest absolute Gasteiger partial charge is 0.304 e. The molecular formula is C13H19NO4. The number of nitrogens with one attached hydrogen (secondary N) is 1. The first-order valence-electron chi connectivity index (χ1n) is 5.79. The Morgan fingerprint density at radius 2 is 2.22 bits per heavy atom. The van der Waals surface area contributed by atoms with E-state index in [1.54, 1.807) is 7.11 Å². The van der Waals surface area contributed by atoms with Gasteiger partial charge in [0.15, 0.2) is 0 Å². The van der Waals surface area contributed by atoms with Crippen molar-refractivity contribution in [2.45, 2.75) is 19.4 Å². The van der Waals surface area contributed by atoms with Gasteiger partial charge in [0, 0.05) is 18.7 Å². The lowest BCUT2D eigenvalue weighted by Crippen LogP contribution is -2.24. The van der Waals surface area contributed by atoms with Crippen LogP contribution in [0.2, 0.25) is 0 Å². The molecular weight excluding hydrogens is 234 g/mol. The van der Waals surface area contributed by atoms with E-state index >= 15 is 0 Å². The molecule has 0 fully saturated rings. The summed E-state index contributed by atoms with van der Waals surface area (Å²) in [6, 6.07) is 5.58. The van der Waals surface area contributed by atoms with Gasteiger partial charge in [0.1, 0.15) is 5.75 Å². The summed E-state index contributed by atoms with van der Waals surface area (Å²) < 4.78 is 5.18. The minimum atomic E-state index is -0.856. The number of ether oxygens (including phenoxy) is 1. The quantitative estimate of drug-likeness (QED) is 0.634. The molecule has 5 nitrogen and oxygen atoms in total. The van der Waals surface area contributed by atoms with Crippen LogP contribution in [-0.4, -0.2) is 36.4 Å². The Morgan fingerprint density at radius 1 is 1.50 bits per heavy atom. The van der Waals surface area contributed by atoms with Gasteiger partial charge in [-0.1, -0.05) is 11.6 Å². The maximum absolute atomic E-state index is 10.3. The minimum Gasteiger partial charge on any atom is -0.496 e. The fourth-order valence-electron chi connectivity index (χ4n) is 1.66. The molecule has 0 aliphatic carbocycles. The normalized spacial score (nSPS) is 12.2. The number of carboxylic acid groups (broad SMARTS) is 1. The monoisotopic (exact) mass is 253 g/mol. The number of aryl methyl sites for hydroxylation is 1. The Hall–Kier alpha value is -1.59. The average Bonchev–Trinajstić information content (AvgIpc) is 2.34. The van der Waals surface area contributed by atoms with E-state index in [0.29, 0.717) is 24.4 Å². The van der Waals surface area contributed by atoms with Crippen LogP contribution in [-0.2, 0) is 4.79 Å². The Bertz CT molecular complexity index is 406. The summed E-state index contributed by atoms with van der Waals surface area (Å²) in [5, 5.41) is 21.4. The van der Waals surface area contributed by atoms with E-state index < -0.39 is 12.1 Å². The zero-order valence-corrected chi connectivity index (χ0v) is 10.6. The van der Waals surface area contributed by atoms with E-state index in [9.17, 15) is 9.90 Å². The Balaban J connectivity index is 2.57. The summed E-state index contributed by atoms with van der Waals surface area (Å²) in [6.45, 7) is 2.57. The molecule has 1 unspecified atom stereocenters. The molecule has 1 aromatic carbocycles. The second-order valence-corrected chi connectivity index (χ2v) is 4.11. The van der Waals surface area contributed by atoms with Crippen molar-refractivity contribution in [2.24, 2.45) is 0 Å². The number of hydrogen-bond acceptors (Lipinski definition) is 4. The highest BCUT2D eigenvalue weighted by atomic mass is 16.5. The Kier molecular flexibility index (Phi) is 5.61. The highest BCUT2D eigenvalue weighted by Crippen LogP contribution is 2.25. The van der Waals surface area contributed by atoms with Gasteiger partial charge in [-0.25, -0.2) is 0 Å². The number of rotatable bonds is 7. The first-order chi connectivity index (χ1) is 8.54. The van der Waals surface area contributed by atoms with Crippen LogP contribution >= 0.6 is 0 Å². The van der Waals surface area contributed by atoms with Gasteiger partial charge in [0.2, 0.25) is 0 Å². The fraction of sp³-hybridized carbons (Fsp3) is 0.462. The summed E-state index contributed by atoms with van der Waals surface area (Å²) in [5.41, 5.74) is 1.75. The van der Waals surface area contributed by atoms with Gasteiger partial charge in [-0.2, -0.15) is 0 Å². The van der Waals surface area contributed by atoms with Crippen molar-refractivity contribution in [3.05, 3.63) is 29.3 Å². The predicted molar refractivity (Wildman–Crippen MR) is 67.8 cm³/mol. The second-order valence-electron chi connectivity index (χ2n) is 4.11. The molecule has 0 radical (unpaired) electrons. The summed E-state index contributed by atoms with van der Waals surface area (Å²) in [5.74, 6) is -0.224. The number of aliphatic hydroxyl groups excluding tert-OH is 1. The third-order valence-corrected chi connectivity index (χ3v) is 2.60. The predicted octanol–water partition coefficient (Wildman–Crippen LogP) is 1.10. The maximum atomic E-state index is 10.3. The van der Waals surface area contributed by atoms with Crippen molar-refractivity contribution in [1.29, 1.82) is 0 Å². The highest BCUT2D eigenvalue weighted by Gasteiger charge is 2.13. The molecule has 5 heteroatoms. The molecule has 18 heavy (non-hydrogen) atoms. The lowest BCUT2D eigenvalue weighted by Gasteiger charge is -2.16. The van der Waals surface area contributed by atoms with Crippen LogP contribution < -0.4 is 10.1 Å². The first kappa shape index (κ1) is 14.5. The van der Waals surface area contributed by atoms with Crippen LogP contribution in [0, 0.1) is 6.92 Å². The zero-order valence-electron chi connectivity index (χ0n) is 10.6. The van der Waals surface area contributed by atoms with Crippen molar-refractivity contribution >= 4 is 5.97 Å². The van der Waals surface area contributed by atoms with Crippen LogP contribution in [0.4, 0.5) is 0 Å². The topological polar surface area (TPSA) is 78.8 Å². The van der Waals surface area contributed by atoms with Crippen molar-refractivity contribution in [1.82, 2.24) is 5.32 Å². The lowest BCUT2D eigenvalue weighted by molar-refractivity contribution is -0.136. The van der Waals surface area contributed by atoms with Crippen molar-refractivity contribution in [3.8, 4) is 5.75 Å². The average molecular weight is 253 g/mol. The molecule has 0 bridgehead atoms. The van der Waals surface area contributed by atoms with Crippen LogP contribution in [0.5, 0.6) is 5.75 Å². The van der Waals surface area contributed by atoms with Crippen LogP contribution in [0.3, 0.4) is 0 Å². The molecule has 0 spiro atoms. The number of carboxylic acids is 1. The fourth-order valence-corrected chi connectivity index (χ4v) is 1.66. The molecule has 0 heterocycles. The van der Waals surface area contributed by atoms with Gasteiger partial charge in [-0.05, 0) is 19.1 Å². The Morgan fingerprint density at radius 3 is 2.83 bits per heavy atom. The van der Waals surface area contributed by atoms with E-state index in [0.717, 1.165) is 5.56 Å². The third-order valence-electron chi connectivity index (χ3n) is 2.60. The maximum Gasteiger partial charge on any atom is 0.304 e. The van der Waals surface area contributed by atoms with Crippen LogP contribution in [0.1, 0.15) is 23.7 Å². The van der Waals surface area contributed by atoms with Crippen molar-refractivity contribution < 1.29 is 19.7 Å². The number of hydrogen-bond donors (Lipinski definition) is 3. The lowest BCUT2D eigenvalue weighted by atomic mass is 10.1. The van der Waals surface area contributed by atoms with Gasteiger partial charge in [0.05, 0.1) is 19.6 Å². The zero-order chi connectivity index (χ0) is 13.5. The molecule has 0 amide bonds. The van der Waals surface area contributed by atoms with Gasteiger partial charge in [0.25, 0.3) is 0 Å². The van der Waals surface area contributed by atoms with Crippen LogP contribution in [0.25, 0.3) is 0 Å². The summed E-state index contributed by atoms with van der Waals surface area (Å²) in [7, 11) is 1.55. The summed E-state index contributed by atoms with van der Waals surface area (Å²) in [4.78, 5) is 10.3. The summed E-state index contributed by atoms with van der Waals surface area (Å²) in [6.07, 6.45) is -0.675. The van der Waals surface area contributed by atoms with Crippen molar-refractivity contribution in [3.63, 3.8) is 0 Å². The number of aliphatic hydroxyl groups is 1. The molecule has 100 valence electrons. The minimum absolute atomic E-state index is 0.0394. The first-order valence-corrected chi connectivity index (χ1v) is 5.79. The van der Waals surface area contributed by atoms with Crippen LogP contribution in [0.15, 0.2) is 18.2 Å². The number of aliphatic carboxylic acids is 1. The van der Waals surface area contributed by atoms with Gasteiger partial charge < -0.3 is 20.3 Å².